The van der Waals surface area contributed by atoms with Crippen LogP contribution in [0, 0.1) is 0 Å². The van der Waals surface area contributed by atoms with E-state index < -0.39 is 23.0 Å². The maximum Gasteiger partial charge on any atom is 0.410 e. The van der Waals surface area contributed by atoms with E-state index in [2.05, 4.69) is 5.32 Å². The molecule has 0 saturated carbocycles. The Kier molecular flexibility index (Phi) is 17.7. The van der Waals surface area contributed by atoms with Crippen molar-refractivity contribution in [2.45, 2.75) is 129 Å². The Morgan fingerprint density at radius 2 is 1.24 bits per heavy atom. The van der Waals surface area contributed by atoms with Crippen LogP contribution in [0.2, 0.25) is 0 Å². The molecule has 0 unspecified atom stereocenters. The van der Waals surface area contributed by atoms with Gasteiger partial charge in [0.1, 0.15) is 17.0 Å². The molecular weight excluding hydrogens is 620 g/mol. The summed E-state index contributed by atoms with van der Waals surface area (Å²) in [6.07, 6.45) is 3.00. The number of halogens is 5. The van der Waals surface area contributed by atoms with Crippen LogP contribution in [0.4, 0.5) is 27.2 Å². The first-order valence-electron chi connectivity index (χ1n) is 15.4. The van der Waals surface area contributed by atoms with Crippen molar-refractivity contribution in [3.8, 4) is 0 Å². The third kappa shape index (κ3) is 17.6. The second-order valence-electron chi connectivity index (χ2n) is 13.8. The predicted molar refractivity (Wildman–Crippen MR) is 170 cm³/mol. The third-order valence-electron chi connectivity index (χ3n) is 7.31. The summed E-state index contributed by atoms with van der Waals surface area (Å²) in [5.74, 6) is -4.76. The van der Waals surface area contributed by atoms with Gasteiger partial charge in [-0.2, -0.15) is 0 Å². The molecule has 45 heavy (non-hydrogen) atoms. The number of ether oxygens (including phenoxy) is 2. The molecule has 4 rings (SSSR count). The van der Waals surface area contributed by atoms with Crippen molar-refractivity contribution in [2.24, 2.45) is 0 Å². The van der Waals surface area contributed by atoms with Crippen molar-refractivity contribution in [3.05, 3.63) is 0 Å². The Bertz CT molecular complexity index is 905. The summed E-state index contributed by atoms with van der Waals surface area (Å²) in [5.41, 5.74) is -0.957. The average Bonchev–Trinajstić information content (AvgIpc) is 2.87. The molecular formula is C31H57ClF4N4O5. The summed E-state index contributed by atoms with van der Waals surface area (Å²) in [7, 11) is 0. The van der Waals surface area contributed by atoms with Gasteiger partial charge in [0.2, 0.25) is 0 Å². The molecule has 4 heterocycles. The van der Waals surface area contributed by atoms with Crippen molar-refractivity contribution in [3.63, 3.8) is 0 Å². The molecule has 0 bridgehead atoms. The van der Waals surface area contributed by atoms with Crippen LogP contribution in [0.15, 0.2) is 0 Å². The van der Waals surface area contributed by atoms with Gasteiger partial charge in [0.25, 0.3) is 11.8 Å². The van der Waals surface area contributed by atoms with E-state index in [4.69, 9.17) is 9.47 Å². The number of carbonyl (C=O) groups is 3. The van der Waals surface area contributed by atoms with Gasteiger partial charge < -0.3 is 24.6 Å². The van der Waals surface area contributed by atoms with Gasteiger partial charge in [-0.3, -0.25) is 9.69 Å². The second-order valence-corrected chi connectivity index (χ2v) is 13.8. The number of piperidine rings is 4. The summed E-state index contributed by atoms with van der Waals surface area (Å²) >= 11 is 0. The molecule has 2 amide bonds. The van der Waals surface area contributed by atoms with E-state index >= 15 is 0 Å². The first-order chi connectivity index (χ1) is 19.8. The zero-order chi connectivity index (χ0) is 32.5. The van der Waals surface area contributed by atoms with Gasteiger partial charge in [-0.1, -0.05) is 7.43 Å². The highest BCUT2D eigenvalue weighted by Crippen LogP contribution is 2.30. The molecule has 0 atom stereocenters. The van der Waals surface area contributed by atoms with Gasteiger partial charge >= 0.3 is 12.2 Å². The van der Waals surface area contributed by atoms with E-state index in [0.717, 1.165) is 25.9 Å². The highest BCUT2D eigenvalue weighted by Gasteiger charge is 2.39. The maximum atomic E-state index is 13.5. The lowest BCUT2D eigenvalue weighted by atomic mass is 9.99. The Labute approximate surface area is 273 Å². The average molecular weight is 677 g/mol. The second kappa shape index (κ2) is 18.5. The van der Waals surface area contributed by atoms with Crippen LogP contribution in [0.25, 0.3) is 0 Å². The third-order valence-corrected chi connectivity index (χ3v) is 7.31. The smallest absolute Gasteiger partial charge is 0.410 e. The van der Waals surface area contributed by atoms with Crippen LogP contribution in [-0.2, 0) is 14.3 Å². The summed E-state index contributed by atoms with van der Waals surface area (Å²) < 4.78 is 61.8. The Morgan fingerprint density at radius 1 is 0.778 bits per heavy atom. The minimum atomic E-state index is -2.56. The van der Waals surface area contributed by atoms with E-state index in [1.54, 1.807) is 9.80 Å². The molecule has 4 saturated heterocycles. The lowest BCUT2D eigenvalue weighted by Crippen LogP contribution is -2.52. The number of hydrogen-bond acceptors (Lipinski definition) is 7. The van der Waals surface area contributed by atoms with Crippen LogP contribution in [0.1, 0.15) is 100 Å². The molecule has 14 heteroatoms. The first-order valence-corrected chi connectivity index (χ1v) is 15.4. The largest absolute Gasteiger partial charge is 0.444 e. The molecule has 4 fully saturated rings. The van der Waals surface area contributed by atoms with Crippen LogP contribution in [0.5, 0.6) is 0 Å². The van der Waals surface area contributed by atoms with Crippen LogP contribution in [-0.4, -0.2) is 114 Å². The number of rotatable bonds is 1. The van der Waals surface area contributed by atoms with Crippen LogP contribution < -0.4 is 5.32 Å². The van der Waals surface area contributed by atoms with E-state index in [9.17, 15) is 31.9 Å². The fraction of sp³-hybridized carbons (Fsp3) is 0.903. The maximum absolute atomic E-state index is 13.5. The van der Waals surface area contributed by atoms with E-state index in [-0.39, 0.29) is 69.8 Å². The lowest BCUT2D eigenvalue weighted by Gasteiger charge is -2.42. The van der Waals surface area contributed by atoms with Gasteiger partial charge in [-0.05, 0) is 80.3 Å². The summed E-state index contributed by atoms with van der Waals surface area (Å²) in [5, 5.41) is 2.62. The minimum absolute atomic E-state index is 0. The highest BCUT2D eigenvalue weighted by atomic mass is 35.5. The number of carbonyl (C=O) groups excluding carboxylic acids is 3. The molecule has 4 aliphatic heterocycles. The van der Waals surface area contributed by atoms with Gasteiger partial charge in [0.05, 0.1) is 13.1 Å². The monoisotopic (exact) mass is 676 g/mol. The number of Topliss-reactive ketones (excluding diaryl/α,β-unsaturated/α-hetero) is 1. The molecule has 0 aliphatic carbocycles. The Balaban J connectivity index is 0.000000697. The molecule has 0 spiro atoms. The zero-order valence-electron chi connectivity index (χ0n) is 27.2. The topological polar surface area (TPSA) is 91.4 Å². The van der Waals surface area contributed by atoms with Gasteiger partial charge in [0.15, 0.2) is 0 Å². The number of ketones is 1. The van der Waals surface area contributed by atoms with Gasteiger partial charge in [0, 0.05) is 57.9 Å². The normalized spacial score (nSPS) is 22.2. The Hall–Kier alpha value is -1.86. The quantitative estimate of drug-likeness (QED) is 0.307. The Morgan fingerprint density at radius 3 is 1.62 bits per heavy atom. The highest BCUT2D eigenvalue weighted by molar-refractivity contribution is 5.85. The fourth-order valence-corrected chi connectivity index (χ4v) is 5.14. The van der Waals surface area contributed by atoms with Crippen LogP contribution >= 0.6 is 12.4 Å². The number of nitrogens with one attached hydrogen (secondary N) is 1. The van der Waals surface area contributed by atoms with Crippen molar-refractivity contribution in [2.75, 3.05) is 52.4 Å². The number of alkyl halides is 4. The molecule has 0 aromatic heterocycles. The van der Waals surface area contributed by atoms with Crippen molar-refractivity contribution >= 4 is 30.4 Å². The van der Waals surface area contributed by atoms with Gasteiger partial charge in [-0.25, -0.2) is 27.2 Å². The summed E-state index contributed by atoms with van der Waals surface area (Å²) in [6.45, 7) is 14.4. The minimum Gasteiger partial charge on any atom is -0.444 e. The van der Waals surface area contributed by atoms with E-state index in [0.29, 0.717) is 51.9 Å². The van der Waals surface area contributed by atoms with Gasteiger partial charge in [-0.15, -0.1) is 12.4 Å². The predicted octanol–water partition coefficient (Wildman–Crippen LogP) is 6.77. The molecule has 9 nitrogen and oxygen atoms in total. The van der Waals surface area contributed by atoms with E-state index in [1.807, 2.05) is 46.4 Å². The zero-order valence-corrected chi connectivity index (χ0v) is 28.0. The van der Waals surface area contributed by atoms with Crippen molar-refractivity contribution in [1.29, 1.82) is 0 Å². The number of nitrogens with zero attached hydrogens (tertiary/aromatic N) is 3. The molecule has 1 N–H and O–H groups in total. The molecule has 4 aliphatic rings. The fourth-order valence-electron chi connectivity index (χ4n) is 5.14. The standard InChI is InChI=1S/C15H26F2N2O2.C10H17NO3.C5H9F2N.CH4.ClH/c1-14(2,3)21-13(20)18-9-5-12(6-10-18)19-8-4-7-15(16,17)11-19;1-10(2,3)14-9(13)11-6-4-8(12)5-7-11;6-5(7)2-1-3-8-4-5;;/h12H,4-11H2,1-3H3;4-7H2,1-3H3;8H,1-4H2;1H4;1H. The first kappa shape index (κ1) is 43.1. The molecule has 0 radical (unpaired) electrons. The van der Waals surface area contributed by atoms with Crippen LogP contribution in [0.3, 0.4) is 0 Å². The number of amides is 2. The van der Waals surface area contributed by atoms with Crippen molar-refractivity contribution in [1.82, 2.24) is 20.0 Å². The SMILES string of the molecule is C.CC(C)(C)OC(=O)N1CCC(=O)CC1.CC(C)(C)OC(=O)N1CCC(N2CCCC(F)(F)C2)CC1.Cl.FC1(F)CCCNC1. The molecule has 0 aromatic rings. The van der Waals surface area contributed by atoms with E-state index in [1.165, 1.54) is 0 Å². The number of hydrogen-bond donors (Lipinski definition) is 1. The summed E-state index contributed by atoms with van der Waals surface area (Å²) in [4.78, 5) is 39.6. The van der Waals surface area contributed by atoms with Crippen molar-refractivity contribution < 1.29 is 41.4 Å². The lowest BCUT2D eigenvalue weighted by molar-refractivity contribution is -0.121. The molecule has 266 valence electrons. The number of likely N-dealkylation sites (tertiary alicyclic amines) is 3. The summed E-state index contributed by atoms with van der Waals surface area (Å²) in [6, 6.07) is 0.162. The molecule has 0 aromatic carbocycles.